The zero-order chi connectivity index (χ0) is 18.1. The Kier molecular flexibility index (Phi) is 4.29. The zero-order valence-corrected chi connectivity index (χ0v) is 14.7. The van der Waals surface area contributed by atoms with Crippen LogP contribution in [0.2, 0.25) is 0 Å². The third-order valence-corrected chi connectivity index (χ3v) is 5.13. The number of hydrogen-bond acceptors (Lipinski definition) is 3. The average molecular weight is 347 g/mol. The highest BCUT2D eigenvalue weighted by molar-refractivity contribution is 5.78. The van der Waals surface area contributed by atoms with E-state index in [4.69, 9.17) is 0 Å². The van der Waals surface area contributed by atoms with Crippen LogP contribution in [0.3, 0.4) is 0 Å². The summed E-state index contributed by atoms with van der Waals surface area (Å²) in [4.78, 5) is 29.2. The van der Waals surface area contributed by atoms with Crippen molar-refractivity contribution in [3.8, 4) is 0 Å². The number of nitrogens with zero attached hydrogens (tertiary/aromatic N) is 2. The van der Waals surface area contributed by atoms with Crippen LogP contribution in [0.4, 0.5) is 0 Å². The van der Waals surface area contributed by atoms with E-state index in [1.807, 2.05) is 30.3 Å². The number of rotatable bonds is 4. The molecule has 1 aliphatic rings. The third-order valence-electron chi connectivity index (χ3n) is 5.13. The summed E-state index contributed by atoms with van der Waals surface area (Å²) < 4.78 is 1.51. The molecule has 2 aromatic carbocycles. The molecule has 1 amide bonds. The molecule has 0 radical (unpaired) electrons. The first kappa shape index (κ1) is 16.5. The van der Waals surface area contributed by atoms with E-state index in [2.05, 4.69) is 29.4 Å². The van der Waals surface area contributed by atoms with E-state index in [0.29, 0.717) is 23.4 Å². The second-order valence-electron chi connectivity index (χ2n) is 6.94. The number of para-hydroxylation sites is 1. The van der Waals surface area contributed by atoms with Gasteiger partial charge in [-0.1, -0.05) is 43.3 Å². The number of hydrogen-bond donors (Lipinski definition) is 1. The van der Waals surface area contributed by atoms with E-state index in [0.717, 1.165) is 6.42 Å². The molecule has 0 bridgehead atoms. The van der Waals surface area contributed by atoms with Crippen molar-refractivity contribution in [3.63, 3.8) is 0 Å². The van der Waals surface area contributed by atoms with Gasteiger partial charge >= 0.3 is 0 Å². The fourth-order valence-electron chi connectivity index (χ4n) is 3.75. The van der Waals surface area contributed by atoms with Gasteiger partial charge in [-0.05, 0) is 35.6 Å². The van der Waals surface area contributed by atoms with Crippen LogP contribution in [0.15, 0.2) is 59.7 Å². The Hall–Kier alpha value is -2.95. The minimum Gasteiger partial charge on any atom is -0.349 e. The number of nitrogens with one attached hydrogen (secondary N) is 1. The second kappa shape index (κ2) is 6.75. The monoisotopic (exact) mass is 347 g/mol. The molecule has 0 spiro atoms. The highest BCUT2D eigenvalue weighted by atomic mass is 16.2. The van der Waals surface area contributed by atoms with Gasteiger partial charge in [0.15, 0.2) is 0 Å². The van der Waals surface area contributed by atoms with Gasteiger partial charge in [-0.15, -0.1) is 0 Å². The molecular weight excluding hydrogens is 326 g/mol. The van der Waals surface area contributed by atoms with Crippen molar-refractivity contribution in [1.29, 1.82) is 0 Å². The lowest BCUT2D eigenvalue weighted by molar-refractivity contribution is -0.122. The summed E-state index contributed by atoms with van der Waals surface area (Å²) >= 11 is 0. The summed E-state index contributed by atoms with van der Waals surface area (Å²) in [6, 6.07) is 15.6. The van der Waals surface area contributed by atoms with Crippen molar-refractivity contribution < 1.29 is 4.79 Å². The van der Waals surface area contributed by atoms with Gasteiger partial charge in [0, 0.05) is 13.0 Å². The first-order valence-electron chi connectivity index (χ1n) is 8.95. The summed E-state index contributed by atoms with van der Waals surface area (Å²) in [6.07, 6.45) is 2.76. The largest absolute Gasteiger partial charge is 0.349 e. The van der Waals surface area contributed by atoms with E-state index in [-0.39, 0.29) is 23.9 Å². The van der Waals surface area contributed by atoms with Gasteiger partial charge in [0.2, 0.25) is 5.91 Å². The van der Waals surface area contributed by atoms with E-state index >= 15 is 0 Å². The molecule has 1 aromatic heterocycles. The van der Waals surface area contributed by atoms with Crippen LogP contribution in [0.25, 0.3) is 10.9 Å². The minimum absolute atomic E-state index is 0.0430. The van der Waals surface area contributed by atoms with E-state index in [1.54, 1.807) is 6.07 Å². The molecule has 0 saturated carbocycles. The van der Waals surface area contributed by atoms with Gasteiger partial charge < -0.3 is 5.32 Å². The van der Waals surface area contributed by atoms with Gasteiger partial charge in [-0.2, -0.15) is 0 Å². The van der Waals surface area contributed by atoms with Crippen molar-refractivity contribution in [2.24, 2.45) is 5.92 Å². The Morgan fingerprint density at radius 1 is 1.19 bits per heavy atom. The molecule has 3 aromatic rings. The third kappa shape index (κ3) is 3.01. The molecule has 26 heavy (non-hydrogen) atoms. The minimum atomic E-state index is -0.108. The van der Waals surface area contributed by atoms with E-state index in [1.165, 1.54) is 22.0 Å². The molecule has 132 valence electrons. The Bertz CT molecular complexity index is 1020. The number of aromatic nitrogens is 2. The Balaban J connectivity index is 1.45. The number of carbonyl (C=O) groups excluding carboxylic acids is 1. The molecule has 0 unspecified atom stereocenters. The maximum atomic E-state index is 12.5. The van der Waals surface area contributed by atoms with Crippen LogP contribution in [-0.4, -0.2) is 15.5 Å². The van der Waals surface area contributed by atoms with Crippen molar-refractivity contribution in [2.45, 2.75) is 32.4 Å². The summed E-state index contributed by atoms with van der Waals surface area (Å²) in [6.45, 7) is 2.48. The van der Waals surface area contributed by atoms with Gasteiger partial charge in [0.1, 0.15) is 0 Å². The van der Waals surface area contributed by atoms with E-state index < -0.39 is 0 Å². The molecule has 1 heterocycles. The quantitative estimate of drug-likeness (QED) is 0.789. The van der Waals surface area contributed by atoms with Gasteiger partial charge in [0.05, 0.1) is 23.3 Å². The number of amides is 1. The predicted molar refractivity (Wildman–Crippen MR) is 101 cm³/mol. The predicted octanol–water partition coefficient (Wildman–Crippen LogP) is 2.84. The lowest BCUT2D eigenvalue weighted by Crippen LogP contribution is -2.32. The molecule has 4 rings (SSSR count). The molecule has 5 nitrogen and oxygen atoms in total. The standard InChI is InChI=1S/C21H21N3O2/c1-14-12-15-6-2-3-7-16(15)20(14)23-19(25)10-11-24-13-22-18-9-5-4-8-17(18)21(24)26/h2-9,13-14,20H,10-12H2,1H3,(H,23,25)/t14-,20+/m1/s1. The topological polar surface area (TPSA) is 64.0 Å². The van der Waals surface area contributed by atoms with Gasteiger partial charge in [0.25, 0.3) is 5.56 Å². The first-order chi connectivity index (χ1) is 12.6. The maximum Gasteiger partial charge on any atom is 0.261 e. The normalized spacial score (nSPS) is 18.7. The lowest BCUT2D eigenvalue weighted by Gasteiger charge is -2.19. The SMILES string of the molecule is C[C@@H]1Cc2ccccc2[C@H]1NC(=O)CCn1cnc2ccccc2c1=O. The van der Waals surface area contributed by atoms with Crippen LogP contribution < -0.4 is 10.9 Å². The summed E-state index contributed by atoms with van der Waals surface area (Å²) in [7, 11) is 0. The van der Waals surface area contributed by atoms with Crippen molar-refractivity contribution in [2.75, 3.05) is 0 Å². The summed E-state index contributed by atoms with van der Waals surface area (Å²) in [5.41, 5.74) is 3.08. The Morgan fingerprint density at radius 3 is 2.85 bits per heavy atom. The van der Waals surface area contributed by atoms with Crippen LogP contribution >= 0.6 is 0 Å². The number of carbonyl (C=O) groups is 1. The maximum absolute atomic E-state index is 12.5. The lowest BCUT2D eigenvalue weighted by atomic mass is 10.0. The van der Waals surface area contributed by atoms with Crippen molar-refractivity contribution in [1.82, 2.24) is 14.9 Å². The average Bonchev–Trinajstić information content (AvgIpc) is 2.97. The molecule has 0 saturated heterocycles. The van der Waals surface area contributed by atoms with Crippen LogP contribution in [0.5, 0.6) is 0 Å². The zero-order valence-electron chi connectivity index (χ0n) is 14.7. The van der Waals surface area contributed by atoms with Gasteiger partial charge in [-0.3, -0.25) is 14.2 Å². The smallest absolute Gasteiger partial charge is 0.261 e. The van der Waals surface area contributed by atoms with Crippen molar-refractivity contribution in [3.05, 3.63) is 76.3 Å². The van der Waals surface area contributed by atoms with Crippen LogP contribution in [0, 0.1) is 5.92 Å². The molecule has 1 N–H and O–H groups in total. The number of benzene rings is 2. The molecular formula is C21H21N3O2. The fourth-order valence-corrected chi connectivity index (χ4v) is 3.75. The molecule has 1 aliphatic carbocycles. The fraction of sp³-hybridized carbons (Fsp3) is 0.286. The van der Waals surface area contributed by atoms with Crippen molar-refractivity contribution >= 4 is 16.8 Å². The van der Waals surface area contributed by atoms with Crippen LogP contribution in [0.1, 0.15) is 30.5 Å². The number of aryl methyl sites for hydroxylation is 1. The number of fused-ring (bicyclic) bond motifs is 2. The highest BCUT2D eigenvalue weighted by Crippen LogP contribution is 2.35. The summed E-state index contributed by atoms with van der Waals surface area (Å²) in [5, 5.41) is 3.71. The van der Waals surface area contributed by atoms with Crippen LogP contribution in [-0.2, 0) is 17.8 Å². The Morgan fingerprint density at radius 2 is 1.96 bits per heavy atom. The van der Waals surface area contributed by atoms with E-state index in [9.17, 15) is 9.59 Å². The molecule has 0 aliphatic heterocycles. The highest BCUT2D eigenvalue weighted by Gasteiger charge is 2.29. The molecule has 0 fully saturated rings. The Labute approximate surface area is 151 Å². The first-order valence-corrected chi connectivity index (χ1v) is 8.95. The second-order valence-corrected chi connectivity index (χ2v) is 6.94. The molecule has 2 atom stereocenters. The summed E-state index contributed by atoms with van der Waals surface area (Å²) in [5.74, 6) is 0.333. The van der Waals surface area contributed by atoms with Gasteiger partial charge in [-0.25, -0.2) is 4.98 Å². The molecule has 5 heteroatoms.